The van der Waals surface area contributed by atoms with Crippen LogP contribution in [0.25, 0.3) is 11.5 Å². The van der Waals surface area contributed by atoms with Crippen LogP contribution >= 0.6 is 0 Å². The first-order valence-corrected chi connectivity index (χ1v) is 8.55. The van der Waals surface area contributed by atoms with E-state index in [-0.39, 0.29) is 12.3 Å². The second kappa shape index (κ2) is 8.84. The van der Waals surface area contributed by atoms with Crippen LogP contribution in [0, 0.1) is 0 Å². The molecule has 0 radical (unpaired) electrons. The van der Waals surface area contributed by atoms with Crippen LogP contribution < -0.4 is 14.8 Å². The van der Waals surface area contributed by atoms with Crippen LogP contribution in [-0.2, 0) is 17.8 Å². The van der Waals surface area contributed by atoms with Gasteiger partial charge in [0.05, 0.1) is 19.8 Å². The molecule has 0 fully saturated rings. The molecule has 0 aliphatic heterocycles. The lowest BCUT2D eigenvalue weighted by atomic mass is 10.2. The molecular formula is C20H21N3O4. The number of nitrogens with zero attached hydrogens (tertiary/aromatic N) is 2. The summed E-state index contributed by atoms with van der Waals surface area (Å²) in [5.41, 5.74) is 1.73. The van der Waals surface area contributed by atoms with Gasteiger partial charge in [-0.1, -0.05) is 24.3 Å². The van der Waals surface area contributed by atoms with E-state index in [1.165, 1.54) is 0 Å². The van der Waals surface area contributed by atoms with E-state index >= 15 is 0 Å². The Morgan fingerprint density at radius 2 is 1.81 bits per heavy atom. The number of hydrogen-bond donors (Lipinski definition) is 1. The number of amides is 1. The zero-order valence-electron chi connectivity index (χ0n) is 15.3. The van der Waals surface area contributed by atoms with E-state index in [4.69, 9.17) is 13.9 Å². The van der Waals surface area contributed by atoms with Crippen LogP contribution in [0.1, 0.15) is 17.9 Å². The third-order valence-corrected chi connectivity index (χ3v) is 4.02. The maximum atomic E-state index is 12.0. The lowest BCUT2D eigenvalue weighted by Gasteiger charge is -2.05. The van der Waals surface area contributed by atoms with Gasteiger partial charge in [0, 0.05) is 19.4 Å². The van der Waals surface area contributed by atoms with Crippen LogP contribution in [0.3, 0.4) is 0 Å². The molecule has 0 aliphatic rings. The van der Waals surface area contributed by atoms with Crippen molar-refractivity contribution >= 4 is 5.91 Å². The Kier molecular flexibility index (Phi) is 6.04. The van der Waals surface area contributed by atoms with Crippen molar-refractivity contribution in [3.63, 3.8) is 0 Å². The van der Waals surface area contributed by atoms with Gasteiger partial charge in [-0.15, -0.1) is 10.2 Å². The van der Waals surface area contributed by atoms with E-state index in [2.05, 4.69) is 15.5 Å². The molecular weight excluding hydrogens is 346 g/mol. The quantitative estimate of drug-likeness (QED) is 0.659. The normalized spacial score (nSPS) is 10.4. The van der Waals surface area contributed by atoms with E-state index in [0.717, 1.165) is 16.9 Å². The molecule has 3 aromatic rings. The molecule has 0 spiro atoms. The maximum Gasteiger partial charge on any atom is 0.251 e. The molecule has 1 heterocycles. The smallest absolute Gasteiger partial charge is 0.251 e. The minimum absolute atomic E-state index is 0.0807. The Morgan fingerprint density at radius 3 is 2.56 bits per heavy atom. The topological polar surface area (TPSA) is 86.5 Å². The summed E-state index contributed by atoms with van der Waals surface area (Å²) in [7, 11) is 3.21. The third-order valence-electron chi connectivity index (χ3n) is 4.02. The van der Waals surface area contributed by atoms with E-state index in [9.17, 15) is 4.79 Å². The lowest BCUT2D eigenvalue weighted by molar-refractivity contribution is -0.121. The van der Waals surface area contributed by atoms with Gasteiger partial charge in [-0.2, -0.15) is 0 Å². The van der Waals surface area contributed by atoms with Gasteiger partial charge in [-0.3, -0.25) is 4.79 Å². The van der Waals surface area contributed by atoms with Crippen LogP contribution in [0.4, 0.5) is 0 Å². The molecule has 0 saturated heterocycles. The molecule has 27 heavy (non-hydrogen) atoms. The number of hydrogen-bond acceptors (Lipinski definition) is 6. The van der Waals surface area contributed by atoms with Gasteiger partial charge in [0.1, 0.15) is 11.5 Å². The van der Waals surface area contributed by atoms with E-state index in [1.54, 1.807) is 14.2 Å². The number of nitrogens with one attached hydrogen (secondary N) is 1. The summed E-state index contributed by atoms with van der Waals surface area (Å²) >= 11 is 0. The summed E-state index contributed by atoms with van der Waals surface area (Å²) in [4.78, 5) is 12.0. The van der Waals surface area contributed by atoms with Crippen molar-refractivity contribution in [2.45, 2.75) is 19.4 Å². The zero-order valence-corrected chi connectivity index (χ0v) is 15.3. The number of rotatable bonds is 8. The van der Waals surface area contributed by atoms with Crippen molar-refractivity contribution in [3.05, 3.63) is 60.0 Å². The first-order valence-electron chi connectivity index (χ1n) is 8.55. The van der Waals surface area contributed by atoms with Crippen molar-refractivity contribution in [1.29, 1.82) is 0 Å². The molecule has 0 unspecified atom stereocenters. The summed E-state index contributed by atoms with van der Waals surface area (Å²) < 4.78 is 16.1. The maximum absolute atomic E-state index is 12.0. The standard InChI is InChI=1S/C20H21N3O4/c1-25-15-9-7-14(8-10-15)13-21-18(24)11-12-19-22-23-20(27-19)16-5-3-4-6-17(16)26-2/h3-10H,11-13H2,1-2H3,(H,21,24). The van der Waals surface area contributed by atoms with Crippen LogP contribution in [-0.4, -0.2) is 30.3 Å². The summed E-state index contributed by atoms with van der Waals surface area (Å²) in [6.07, 6.45) is 0.639. The SMILES string of the molecule is COc1ccc(CNC(=O)CCc2nnc(-c3ccccc3OC)o2)cc1. The van der Waals surface area contributed by atoms with Crippen molar-refractivity contribution < 1.29 is 18.7 Å². The molecule has 1 aromatic heterocycles. The lowest BCUT2D eigenvalue weighted by Crippen LogP contribution is -2.23. The van der Waals surface area contributed by atoms with Crippen LogP contribution in [0.2, 0.25) is 0 Å². The van der Waals surface area contributed by atoms with Gasteiger partial charge in [0.25, 0.3) is 5.89 Å². The highest BCUT2D eigenvalue weighted by Crippen LogP contribution is 2.28. The Balaban J connectivity index is 1.51. The molecule has 0 saturated carbocycles. The average molecular weight is 367 g/mol. The molecule has 2 aromatic carbocycles. The Bertz CT molecular complexity index is 890. The molecule has 0 atom stereocenters. The third kappa shape index (κ3) is 4.84. The van der Waals surface area contributed by atoms with Gasteiger partial charge >= 0.3 is 0 Å². The zero-order chi connectivity index (χ0) is 19.1. The number of carbonyl (C=O) groups excluding carboxylic acids is 1. The van der Waals surface area contributed by atoms with Crippen molar-refractivity contribution in [2.75, 3.05) is 14.2 Å². The van der Waals surface area contributed by atoms with Crippen LogP contribution in [0.5, 0.6) is 11.5 Å². The largest absolute Gasteiger partial charge is 0.497 e. The Labute approximate surface area is 157 Å². The number of para-hydroxylation sites is 1. The molecule has 3 rings (SSSR count). The van der Waals surface area contributed by atoms with Gasteiger partial charge in [0.15, 0.2) is 0 Å². The summed E-state index contributed by atoms with van der Waals surface area (Å²) in [5, 5.41) is 10.9. The van der Waals surface area contributed by atoms with E-state index < -0.39 is 0 Å². The number of benzene rings is 2. The van der Waals surface area contributed by atoms with E-state index in [1.807, 2.05) is 48.5 Å². The van der Waals surface area contributed by atoms with Gasteiger partial charge < -0.3 is 19.2 Å². The number of carbonyl (C=O) groups is 1. The molecule has 7 heteroatoms. The fourth-order valence-electron chi connectivity index (χ4n) is 2.54. The molecule has 7 nitrogen and oxygen atoms in total. The Morgan fingerprint density at radius 1 is 1.04 bits per heavy atom. The molecule has 0 bridgehead atoms. The minimum Gasteiger partial charge on any atom is -0.497 e. The molecule has 1 amide bonds. The monoisotopic (exact) mass is 367 g/mol. The molecule has 0 aliphatic carbocycles. The summed E-state index contributed by atoms with van der Waals surface area (Å²) in [6, 6.07) is 15.0. The first-order chi connectivity index (χ1) is 13.2. The van der Waals surface area contributed by atoms with Crippen molar-refractivity contribution in [1.82, 2.24) is 15.5 Å². The summed E-state index contributed by atoms with van der Waals surface area (Å²) in [6.45, 7) is 0.457. The predicted molar refractivity (Wildman–Crippen MR) is 99.4 cm³/mol. The minimum atomic E-state index is -0.0807. The number of aryl methyl sites for hydroxylation is 1. The fourth-order valence-corrected chi connectivity index (χ4v) is 2.54. The highest BCUT2D eigenvalue weighted by atomic mass is 16.5. The number of methoxy groups -OCH3 is 2. The average Bonchev–Trinajstić information content (AvgIpc) is 3.20. The highest BCUT2D eigenvalue weighted by Gasteiger charge is 2.13. The first kappa shape index (κ1) is 18.4. The predicted octanol–water partition coefficient (Wildman–Crippen LogP) is 3.00. The van der Waals surface area contributed by atoms with Gasteiger partial charge in [-0.05, 0) is 29.8 Å². The van der Waals surface area contributed by atoms with Crippen molar-refractivity contribution in [3.8, 4) is 23.0 Å². The van der Waals surface area contributed by atoms with E-state index in [0.29, 0.717) is 30.5 Å². The van der Waals surface area contributed by atoms with Gasteiger partial charge in [0.2, 0.25) is 11.8 Å². The molecule has 1 N–H and O–H groups in total. The number of aromatic nitrogens is 2. The second-order valence-electron chi connectivity index (χ2n) is 5.83. The van der Waals surface area contributed by atoms with Crippen molar-refractivity contribution in [2.24, 2.45) is 0 Å². The fraction of sp³-hybridized carbons (Fsp3) is 0.250. The second-order valence-corrected chi connectivity index (χ2v) is 5.83. The Hall–Kier alpha value is -3.35. The van der Waals surface area contributed by atoms with Crippen LogP contribution in [0.15, 0.2) is 52.9 Å². The highest BCUT2D eigenvalue weighted by molar-refractivity contribution is 5.76. The molecule has 140 valence electrons. The summed E-state index contributed by atoms with van der Waals surface area (Å²) in [5.74, 6) is 2.15. The van der Waals surface area contributed by atoms with Gasteiger partial charge in [-0.25, -0.2) is 0 Å². The number of ether oxygens (including phenoxy) is 2.